The Balaban J connectivity index is 2.77. The van der Waals surface area contributed by atoms with Crippen molar-refractivity contribution in [1.29, 1.82) is 0 Å². The fourth-order valence-corrected chi connectivity index (χ4v) is 1.76. The first-order chi connectivity index (χ1) is 7.69. The van der Waals surface area contributed by atoms with E-state index in [0.29, 0.717) is 18.7 Å². The van der Waals surface area contributed by atoms with Crippen LogP contribution < -0.4 is 10.1 Å². The van der Waals surface area contributed by atoms with E-state index in [-0.39, 0.29) is 0 Å². The van der Waals surface area contributed by atoms with E-state index in [2.05, 4.69) is 38.2 Å². The zero-order chi connectivity index (χ0) is 12.0. The summed E-state index contributed by atoms with van der Waals surface area (Å²) >= 11 is 0. The fourth-order valence-electron chi connectivity index (χ4n) is 1.76. The standard InChI is InChI=1S/C14H23NO/c1-5-11(3)15-12(4)13-9-7-8-10-14(13)16-6-2/h7-12,15H,5-6H2,1-4H3/t11-,12+/m0/s1. The molecule has 0 aliphatic rings. The van der Waals surface area contributed by atoms with Gasteiger partial charge in [0.1, 0.15) is 5.75 Å². The van der Waals surface area contributed by atoms with E-state index in [0.717, 1.165) is 12.2 Å². The Morgan fingerprint density at radius 2 is 1.88 bits per heavy atom. The van der Waals surface area contributed by atoms with Crippen LogP contribution in [0, 0.1) is 0 Å². The second-order valence-electron chi connectivity index (χ2n) is 4.17. The Bertz CT molecular complexity index is 311. The zero-order valence-corrected chi connectivity index (χ0v) is 10.8. The molecule has 0 aromatic heterocycles. The molecule has 0 heterocycles. The van der Waals surface area contributed by atoms with Crippen molar-refractivity contribution in [3.8, 4) is 5.75 Å². The predicted octanol–water partition coefficient (Wildman–Crippen LogP) is 3.53. The van der Waals surface area contributed by atoms with Gasteiger partial charge in [0.2, 0.25) is 0 Å². The first-order valence-electron chi connectivity index (χ1n) is 6.16. The van der Waals surface area contributed by atoms with Gasteiger partial charge in [-0.1, -0.05) is 25.1 Å². The zero-order valence-electron chi connectivity index (χ0n) is 10.8. The van der Waals surface area contributed by atoms with Crippen molar-refractivity contribution >= 4 is 0 Å². The van der Waals surface area contributed by atoms with Gasteiger partial charge in [-0.3, -0.25) is 0 Å². The number of ether oxygens (including phenoxy) is 1. The lowest BCUT2D eigenvalue weighted by Crippen LogP contribution is -2.28. The van der Waals surface area contributed by atoms with Gasteiger partial charge >= 0.3 is 0 Å². The molecule has 1 N–H and O–H groups in total. The van der Waals surface area contributed by atoms with E-state index in [1.54, 1.807) is 0 Å². The maximum Gasteiger partial charge on any atom is 0.124 e. The largest absolute Gasteiger partial charge is 0.494 e. The van der Waals surface area contributed by atoms with Crippen molar-refractivity contribution in [1.82, 2.24) is 5.32 Å². The van der Waals surface area contributed by atoms with E-state index >= 15 is 0 Å². The highest BCUT2D eigenvalue weighted by Crippen LogP contribution is 2.25. The maximum absolute atomic E-state index is 5.63. The monoisotopic (exact) mass is 221 g/mol. The van der Waals surface area contributed by atoms with Gasteiger partial charge in [-0.15, -0.1) is 0 Å². The smallest absolute Gasteiger partial charge is 0.124 e. The summed E-state index contributed by atoms with van der Waals surface area (Å²) in [4.78, 5) is 0. The highest BCUT2D eigenvalue weighted by molar-refractivity contribution is 5.35. The van der Waals surface area contributed by atoms with Crippen molar-refractivity contribution in [2.24, 2.45) is 0 Å². The van der Waals surface area contributed by atoms with Crippen LogP contribution in [0.4, 0.5) is 0 Å². The van der Waals surface area contributed by atoms with Crippen LogP contribution in [-0.4, -0.2) is 12.6 Å². The molecule has 0 amide bonds. The highest BCUT2D eigenvalue weighted by Gasteiger charge is 2.12. The summed E-state index contributed by atoms with van der Waals surface area (Å²) in [7, 11) is 0. The van der Waals surface area contributed by atoms with Crippen LogP contribution in [0.3, 0.4) is 0 Å². The van der Waals surface area contributed by atoms with Gasteiger partial charge in [-0.25, -0.2) is 0 Å². The summed E-state index contributed by atoms with van der Waals surface area (Å²) in [5, 5.41) is 3.56. The minimum Gasteiger partial charge on any atom is -0.494 e. The number of para-hydroxylation sites is 1. The Morgan fingerprint density at radius 1 is 1.19 bits per heavy atom. The Kier molecular flexibility index (Phi) is 5.33. The Labute approximate surface area is 99.0 Å². The molecular formula is C14H23NO. The second kappa shape index (κ2) is 6.54. The summed E-state index contributed by atoms with van der Waals surface area (Å²) in [6.45, 7) is 9.32. The summed E-state index contributed by atoms with van der Waals surface area (Å²) in [5.41, 5.74) is 1.24. The summed E-state index contributed by atoms with van der Waals surface area (Å²) in [5.74, 6) is 0.994. The van der Waals surface area contributed by atoms with Crippen molar-refractivity contribution in [2.45, 2.75) is 46.2 Å². The number of nitrogens with one attached hydrogen (secondary N) is 1. The molecule has 0 fully saturated rings. The van der Waals surface area contributed by atoms with E-state index in [4.69, 9.17) is 4.74 Å². The highest BCUT2D eigenvalue weighted by atomic mass is 16.5. The van der Waals surface area contributed by atoms with Crippen LogP contribution in [0.25, 0.3) is 0 Å². The molecule has 0 unspecified atom stereocenters. The van der Waals surface area contributed by atoms with Crippen molar-refractivity contribution in [3.63, 3.8) is 0 Å². The lowest BCUT2D eigenvalue weighted by molar-refractivity contribution is 0.330. The molecule has 0 bridgehead atoms. The summed E-state index contributed by atoms with van der Waals surface area (Å²) in [6.07, 6.45) is 1.14. The molecule has 2 heteroatoms. The van der Waals surface area contributed by atoms with Gasteiger partial charge < -0.3 is 10.1 Å². The molecule has 90 valence electrons. The van der Waals surface area contributed by atoms with Crippen molar-refractivity contribution < 1.29 is 4.74 Å². The van der Waals surface area contributed by atoms with Gasteiger partial charge in [0, 0.05) is 17.6 Å². The fraction of sp³-hybridized carbons (Fsp3) is 0.571. The Morgan fingerprint density at radius 3 is 2.50 bits per heavy atom. The molecule has 0 aliphatic carbocycles. The lowest BCUT2D eigenvalue weighted by Gasteiger charge is -2.21. The van der Waals surface area contributed by atoms with Gasteiger partial charge in [0.15, 0.2) is 0 Å². The number of hydrogen-bond donors (Lipinski definition) is 1. The molecule has 1 aromatic carbocycles. The average molecular weight is 221 g/mol. The second-order valence-corrected chi connectivity index (χ2v) is 4.17. The van der Waals surface area contributed by atoms with Crippen LogP contribution in [0.2, 0.25) is 0 Å². The van der Waals surface area contributed by atoms with Crippen LogP contribution in [0.15, 0.2) is 24.3 Å². The lowest BCUT2D eigenvalue weighted by atomic mass is 10.1. The molecular weight excluding hydrogens is 198 g/mol. The van der Waals surface area contributed by atoms with Crippen molar-refractivity contribution in [3.05, 3.63) is 29.8 Å². The molecule has 16 heavy (non-hydrogen) atoms. The van der Waals surface area contributed by atoms with E-state index < -0.39 is 0 Å². The minimum absolute atomic E-state index is 0.331. The third kappa shape index (κ3) is 3.53. The van der Waals surface area contributed by atoms with Crippen LogP contribution in [-0.2, 0) is 0 Å². The molecule has 0 spiro atoms. The van der Waals surface area contributed by atoms with E-state index in [1.165, 1.54) is 5.56 Å². The van der Waals surface area contributed by atoms with Crippen LogP contribution in [0.5, 0.6) is 5.75 Å². The van der Waals surface area contributed by atoms with Gasteiger partial charge in [-0.2, -0.15) is 0 Å². The molecule has 1 aromatic rings. The third-order valence-electron chi connectivity index (χ3n) is 2.83. The molecule has 0 saturated carbocycles. The van der Waals surface area contributed by atoms with Gasteiger partial charge in [0.05, 0.1) is 6.61 Å². The molecule has 2 nitrogen and oxygen atoms in total. The van der Waals surface area contributed by atoms with Gasteiger partial charge in [0.25, 0.3) is 0 Å². The normalized spacial score (nSPS) is 14.5. The molecule has 0 saturated heterocycles. The topological polar surface area (TPSA) is 21.3 Å². The molecule has 0 aliphatic heterocycles. The molecule has 2 atom stereocenters. The SMILES string of the molecule is CCOc1ccccc1[C@@H](C)N[C@@H](C)CC. The summed E-state index contributed by atoms with van der Waals surface area (Å²) < 4.78 is 5.63. The first-order valence-corrected chi connectivity index (χ1v) is 6.16. The van der Waals surface area contributed by atoms with Crippen molar-refractivity contribution in [2.75, 3.05) is 6.61 Å². The van der Waals surface area contributed by atoms with Crippen LogP contribution >= 0.6 is 0 Å². The maximum atomic E-state index is 5.63. The average Bonchev–Trinajstić information content (AvgIpc) is 2.30. The van der Waals surface area contributed by atoms with E-state index in [1.807, 2.05) is 19.1 Å². The summed E-state index contributed by atoms with van der Waals surface area (Å²) in [6, 6.07) is 9.11. The van der Waals surface area contributed by atoms with E-state index in [9.17, 15) is 0 Å². The molecule has 0 radical (unpaired) electrons. The van der Waals surface area contributed by atoms with Crippen LogP contribution in [0.1, 0.15) is 45.7 Å². The minimum atomic E-state index is 0.331. The van der Waals surface area contributed by atoms with Gasteiger partial charge in [-0.05, 0) is 33.3 Å². The number of hydrogen-bond acceptors (Lipinski definition) is 2. The predicted molar refractivity (Wildman–Crippen MR) is 68.9 cm³/mol. The number of benzene rings is 1. The molecule has 1 rings (SSSR count). The third-order valence-corrected chi connectivity index (χ3v) is 2.83. The first kappa shape index (κ1) is 13.0. The quantitative estimate of drug-likeness (QED) is 0.793. The number of rotatable bonds is 6. The Hall–Kier alpha value is -1.02.